The van der Waals surface area contributed by atoms with Crippen LogP contribution in [0.2, 0.25) is 0 Å². The molecule has 0 radical (unpaired) electrons. The van der Waals surface area contributed by atoms with E-state index >= 15 is 0 Å². The number of carboxylic acids is 1. The monoisotopic (exact) mass is 206 g/mol. The SMILES string of the molecule is COC(C/C=C/c1ccccc1)C(=O)O. The average Bonchev–Trinajstić information content (AvgIpc) is 2.25. The lowest BCUT2D eigenvalue weighted by molar-refractivity contribution is -0.148. The van der Waals surface area contributed by atoms with Crippen LogP contribution in [0.25, 0.3) is 6.08 Å². The molecule has 0 aromatic heterocycles. The molecule has 1 N–H and O–H groups in total. The molecule has 0 saturated carbocycles. The quantitative estimate of drug-likeness (QED) is 0.803. The number of ether oxygens (including phenoxy) is 1. The molecule has 0 bridgehead atoms. The highest BCUT2D eigenvalue weighted by Gasteiger charge is 2.13. The van der Waals surface area contributed by atoms with Crippen molar-refractivity contribution in [3.05, 3.63) is 42.0 Å². The van der Waals surface area contributed by atoms with E-state index in [1.807, 2.05) is 36.4 Å². The number of hydrogen-bond donors (Lipinski definition) is 1. The molecule has 1 unspecified atom stereocenters. The standard InChI is InChI=1S/C12H14O3/c1-15-11(12(13)14)9-5-8-10-6-3-2-4-7-10/h2-8,11H,9H2,1H3,(H,13,14)/b8-5+. The van der Waals surface area contributed by atoms with Gasteiger partial charge in [-0.25, -0.2) is 4.79 Å². The highest BCUT2D eigenvalue weighted by molar-refractivity contribution is 5.72. The third-order valence-electron chi connectivity index (χ3n) is 2.02. The summed E-state index contributed by atoms with van der Waals surface area (Å²) in [5.41, 5.74) is 1.05. The van der Waals surface area contributed by atoms with Crippen molar-refractivity contribution in [2.75, 3.05) is 7.11 Å². The fraction of sp³-hybridized carbons (Fsp3) is 0.250. The molecular formula is C12H14O3. The molecule has 1 aromatic rings. The van der Waals surface area contributed by atoms with Crippen molar-refractivity contribution < 1.29 is 14.6 Å². The molecule has 1 rings (SSSR count). The highest BCUT2D eigenvalue weighted by Crippen LogP contribution is 2.04. The Hall–Kier alpha value is -1.61. The molecule has 0 spiro atoms. The van der Waals surface area contributed by atoms with Gasteiger partial charge in [-0.2, -0.15) is 0 Å². The second-order valence-corrected chi connectivity index (χ2v) is 3.11. The summed E-state index contributed by atoms with van der Waals surface area (Å²) in [6.45, 7) is 0. The number of carbonyl (C=O) groups is 1. The lowest BCUT2D eigenvalue weighted by Gasteiger charge is -2.06. The Morgan fingerprint density at radius 1 is 1.47 bits per heavy atom. The summed E-state index contributed by atoms with van der Waals surface area (Å²) in [5, 5.41) is 8.71. The number of carboxylic acid groups (broad SMARTS) is 1. The van der Waals surface area contributed by atoms with E-state index in [1.54, 1.807) is 6.08 Å². The van der Waals surface area contributed by atoms with Gasteiger partial charge in [-0.15, -0.1) is 0 Å². The number of aliphatic carboxylic acids is 1. The van der Waals surface area contributed by atoms with E-state index in [1.165, 1.54) is 7.11 Å². The first-order valence-electron chi connectivity index (χ1n) is 4.71. The Balaban J connectivity index is 2.49. The van der Waals surface area contributed by atoms with Crippen LogP contribution in [0.5, 0.6) is 0 Å². The van der Waals surface area contributed by atoms with Crippen molar-refractivity contribution >= 4 is 12.0 Å². The lowest BCUT2D eigenvalue weighted by Crippen LogP contribution is -2.21. The van der Waals surface area contributed by atoms with Crippen molar-refractivity contribution in [3.8, 4) is 0 Å². The number of benzene rings is 1. The maximum absolute atomic E-state index is 10.6. The van der Waals surface area contributed by atoms with Gasteiger partial charge in [0.05, 0.1) is 0 Å². The van der Waals surface area contributed by atoms with Gasteiger partial charge in [0.25, 0.3) is 0 Å². The normalized spacial score (nSPS) is 12.9. The predicted molar refractivity (Wildman–Crippen MR) is 58.5 cm³/mol. The van der Waals surface area contributed by atoms with Crippen LogP contribution in [0, 0.1) is 0 Å². The zero-order valence-electron chi connectivity index (χ0n) is 8.59. The summed E-state index contributed by atoms with van der Waals surface area (Å²) >= 11 is 0. The van der Waals surface area contributed by atoms with E-state index in [9.17, 15) is 4.79 Å². The smallest absolute Gasteiger partial charge is 0.333 e. The van der Waals surface area contributed by atoms with Crippen LogP contribution in [-0.2, 0) is 9.53 Å². The minimum atomic E-state index is -0.935. The molecule has 80 valence electrons. The topological polar surface area (TPSA) is 46.5 Å². The Bertz CT molecular complexity index is 330. The van der Waals surface area contributed by atoms with Crippen LogP contribution in [0.4, 0.5) is 0 Å². The minimum absolute atomic E-state index is 0.376. The van der Waals surface area contributed by atoms with E-state index in [0.29, 0.717) is 6.42 Å². The predicted octanol–water partition coefficient (Wildman–Crippen LogP) is 2.19. The Labute approximate surface area is 89.0 Å². The summed E-state index contributed by atoms with van der Waals surface area (Å²) in [5.74, 6) is -0.935. The number of rotatable bonds is 5. The molecule has 0 saturated heterocycles. The fourth-order valence-electron chi connectivity index (χ4n) is 1.19. The maximum atomic E-state index is 10.6. The van der Waals surface area contributed by atoms with Crippen molar-refractivity contribution in [1.82, 2.24) is 0 Å². The van der Waals surface area contributed by atoms with Crippen LogP contribution >= 0.6 is 0 Å². The second kappa shape index (κ2) is 5.98. The van der Waals surface area contributed by atoms with E-state index < -0.39 is 12.1 Å². The van der Waals surface area contributed by atoms with Gasteiger partial charge < -0.3 is 9.84 Å². The third kappa shape index (κ3) is 3.95. The summed E-state index contributed by atoms with van der Waals surface area (Å²) in [4.78, 5) is 10.6. The van der Waals surface area contributed by atoms with E-state index in [4.69, 9.17) is 9.84 Å². The van der Waals surface area contributed by atoms with E-state index in [0.717, 1.165) is 5.56 Å². The summed E-state index contributed by atoms with van der Waals surface area (Å²) in [6.07, 6.45) is 3.30. The molecule has 0 aliphatic rings. The molecular weight excluding hydrogens is 192 g/mol. The molecule has 0 aliphatic carbocycles. The molecule has 1 atom stereocenters. The zero-order chi connectivity index (χ0) is 11.1. The molecule has 0 fully saturated rings. The van der Waals surface area contributed by atoms with Crippen molar-refractivity contribution in [1.29, 1.82) is 0 Å². The first-order chi connectivity index (χ1) is 7.24. The Morgan fingerprint density at radius 3 is 2.67 bits per heavy atom. The molecule has 3 nitrogen and oxygen atoms in total. The molecule has 3 heteroatoms. The van der Waals surface area contributed by atoms with Crippen molar-refractivity contribution in [2.45, 2.75) is 12.5 Å². The number of hydrogen-bond acceptors (Lipinski definition) is 2. The van der Waals surface area contributed by atoms with Gasteiger partial charge in [-0.3, -0.25) is 0 Å². The van der Waals surface area contributed by atoms with Gasteiger partial charge >= 0.3 is 5.97 Å². The van der Waals surface area contributed by atoms with Gasteiger partial charge in [0.2, 0.25) is 0 Å². The Morgan fingerprint density at radius 2 is 2.13 bits per heavy atom. The summed E-state index contributed by atoms with van der Waals surface area (Å²) in [7, 11) is 1.40. The van der Waals surface area contributed by atoms with Crippen molar-refractivity contribution in [3.63, 3.8) is 0 Å². The first kappa shape index (κ1) is 11.5. The second-order valence-electron chi connectivity index (χ2n) is 3.11. The van der Waals surface area contributed by atoms with Crippen LogP contribution in [0.3, 0.4) is 0 Å². The lowest BCUT2D eigenvalue weighted by atomic mass is 10.1. The first-order valence-corrected chi connectivity index (χ1v) is 4.71. The molecule has 0 heterocycles. The summed E-state index contributed by atoms with van der Waals surface area (Å²) in [6, 6.07) is 9.72. The van der Waals surface area contributed by atoms with Crippen LogP contribution < -0.4 is 0 Å². The minimum Gasteiger partial charge on any atom is -0.479 e. The van der Waals surface area contributed by atoms with Gasteiger partial charge in [0, 0.05) is 13.5 Å². The van der Waals surface area contributed by atoms with Crippen molar-refractivity contribution in [2.24, 2.45) is 0 Å². The molecule has 0 aliphatic heterocycles. The largest absolute Gasteiger partial charge is 0.479 e. The van der Waals surface area contributed by atoms with E-state index in [2.05, 4.69) is 0 Å². The molecule has 0 amide bonds. The fourth-order valence-corrected chi connectivity index (χ4v) is 1.19. The van der Waals surface area contributed by atoms with Gasteiger partial charge in [-0.1, -0.05) is 42.5 Å². The van der Waals surface area contributed by atoms with E-state index in [-0.39, 0.29) is 0 Å². The van der Waals surface area contributed by atoms with Gasteiger partial charge in [0.15, 0.2) is 6.10 Å². The third-order valence-corrected chi connectivity index (χ3v) is 2.02. The zero-order valence-corrected chi connectivity index (χ0v) is 8.59. The maximum Gasteiger partial charge on any atom is 0.333 e. The van der Waals surface area contributed by atoms with Crippen LogP contribution in [0.15, 0.2) is 36.4 Å². The van der Waals surface area contributed by atoms with Crippen LogP contribution in [0.1, 0.15) is 12.0 Å². The van der Waals surface area contributed by atoms with Gasteiger partial charge in [0.1, 0.15) is 0 Å². The van der Waals surface area contributed by atoms with Crippen LogP contribution in [-0.4, -0.2) is 24.3 Å². The average molecular weight is 206 g/mol. The molecule has 1 aromatic carbocycles. The Kier molecular flexibility index (Phi) is 4.57. The highest BCUT2D eigenvalue weighted by atomic mass is 16.5. The number of methoxy groups -OCH3 is 1. The summed E-state index contributed by atoms with van der Waals surface area (Å²) < 4.78 is 4.80. The molecule has 15 heavy (non-hydrogen) atoms. The van der Waals surface area contributed by atoms with Gasteiger partial charge in [-0.05, 0) is 5.56 Å².